The van der Waals surface area contributed by atoms with E-state index >= 15 is 0 Å². The van der Waals surface area contributed by atoms with Crippen molar-refractivity contribution < 1.29 is 0 Å². The van der Waals surface area contributed by atoms with Crippen LogP contribution in [0.4, 0.5) is 0 Å². The van der Waals surface area contributed by atoms with Crippen molar-refractivity contribution in [1.82, 2.24) is 4.90 Å². The maximum atomic E-state index is 3.95. The van der Waals surface area contributed by atoms with Crippen LogP contribution < -0.4 is 0 Å². The predicted molar refractivity (Wildman–Crippen MR) is 42.3 cm³/mol. The molecule has 0 heterocycles. The van der Waals surface area contributed by atoms with E-state index in [4.69, 9.17) is 0 Å². The average Bonchev–Trinajstić information content (AvgIpc) is 1.84. The third kappa shape index (κ3) is 2.54. The van der Waals surface area contributed by atoms with Gasteiger partial charge < -0.3 is 4.90 Å². The number of hydrogen-bond acceptors (Lipinski definition) is 1. The van der Waals surface area contributed by atoms with Crippen LogP contribution in [0.2, 0.25) is 0 Å². The normalized spacial score (nSPS) is 9.89. The SMILES string of the molecule is C=C(C(C)C)N(C)CC. The Labute approximate surface area is 58.4 Å². The van der Waals surface area contributed by atoms with E-state index in [9.17, 15) is 0 Å². The predicted octanol–water partition coefficient (Wildman–Crippen LogP) is 2.11. The molecule has 0 amide bonds. The van der Waals surface area contributed by atoms with E-state index in [-0.39, 0.29) is 0 Å². The zero-order valence-corrected chi connectivity index (χ0v) is 6.94. The van der Waals surface area contributed by atoms with Gasteiger partial charge >= 0.3 is 0 Å². The molecule has 9 heavy (non-hydrogen) atoms. The van der Waals surface area contributed by atoms with Crippen LogP contribution in [0.15, 0.2) is 12.3 Å². The molecule has 0 rings (SSSR count). The molecular weight excluding hydrogens is 110 g/mol. The van der Waals surface area contributed by atoms with Gasteiger partial charge in [0.25, 0.3) is 0 Å². The molecule has 1 nitrogen and oxygen atoms in total. The number of allylic oxidation sites excluding steroid dienone is 1. The van der Waals surface area contributed by atoms with Crippen molar-refractivity contribution in [3.8, 4) is 0 Å². The third-order valence-electron chi connectivity index (χ3n) is 1.63. The van der Waals surface area contributed by atoms with Crippen molar-refractivity contribution in [2.45, 2.75) is 20.8 Å². The van der Waals surface area contributed by atoms with Crippen LogP contribution in [-0.2, 0) is 0 Å². The van der Waals surface area contributed by atoms with Crippen LogP contribution in [-0.4, -0.2) is 18.5 Å². The summed E-state index contributed by atoms with van der Waals surface area (Å²) in [5.41, 5.74) is 1.22. The van der Waals surface area contributed by atoms with Gasteiger partial charge in [0.1, 0.15) is 0 Å². The fraction of sp³-hybridized carbons (Fsp3) is 0.750. The number of hydrogen-bond donors (Lipinski definition) is 0. The summed E-state index contributed by atoms with van der Waals surface area (Å²) in [5, 5.41) is 0. The summed E-state index contributed by atoms with van der Waals surface area (Å²) in [6.45, 7) is 11.5. The highest BCUT2D eigenvalue weighted by atomic mass is 15.1. The highest BCUT2D eigenvalue weighted by Gasteiger charge is 2.02. The van der Waals surface area contributed by atoms with Gasteiger partial charge in [-0.05, 0) is 12.8 Å². The molecule has 0 N–H and O–H groups in total. The molecule has 0 unspecified atom stereocenters. The van der Waals surface area contributed by atoms with Crippen LogP contribution in [0.5, 0.6) is 0 Å². The van der Waals surface area contributed by atoms with E-state index in [1.807, 2.05) is 0 Å². The molecule has 0 radical (unpaired) electrons. The molecule has 0 fully saturated rings. The van der Waals surface area contributed by atoms with Crippen molar-refractivity contribution in [3.05, 3.63) is 12.3 Å². The third-order valence-corrected chi connectivity index (χ3v) is 1.63. The van der Waals surface area contributed by atoms with Crippen LogP contribution in [0.1, 0.15) is 20.8 Å². The largest absolute Gasteiger partial charge is 0.378 e. The fourth-order valence-corrected chi connectivity index (χ4v) is 0.644. The van der Waals surface area contributed by atoms with E-state index in [1.165, 1.54) is 5.70 Å². The lowest BCUT2D eigenvalue weighted by molar-refractivity contribution is 0.395. The summed E-state index contributed by atoms with van der Waals surface area (Å²) >= 11 is 0. The number of rotatable bonds is 3. The van der Waals surface area contributed by atoms with Gasteiger partial charge in [-0.1, -0.05) is 20.4 Å². The topological polar surface area (TPSA) is 3.24 Å². The smallest absolute Gasteiger partial charge is 0.0143 e. The Hall–Kier alpha value is -0.460. The maximum Gasteiger partial charge on any atom is 0.0143 e. The molecule has 0 atom stereocenters. The molecule has 0 saturated heterocycles. The Bertz CT molecular complexity index is 94.7. The van der Waals surface area contributed by atoms with Crippen molar-refractivity contribution in [3.63, 3.8) is 0 Å². The summed E-state index contributed by atoms with van der Waals surface area (Å²) < 4.78 is 0. The Morgan fingerprint density at radius 2 is 2.00 bits per heavy atom. The first kappa shape index (κ1) is 8.54. The van der Waals surface area contributed by atoms with E-state index in [2.05, 4.69) is 39.3 Å². The first-order valence-corrected chi connectivity index (χ1v) is 3.49. The van der Waals surface area contributed by atoms with Gasteiger partial charge in [-0.2, -0.15) is 0 Å². The van der Waals surface area contributed by atoms with Gasteiger partial charge in [-0.25, -0.2) is 0 Å². The van der Waals surface area contributed by atoms with E-state index in [0.29, 0.717) is 5.92 Å². The molecule has 0 aromatic rings. The van der Waals surface area contributed by atoms with Gasteiger partial charge in [-0.3, -0.25) is 0 Å². The zero-order valence-electron chi connectivity index (χ0n) is 6.94. The van der Waals surface area contributed by atoms with Gasteiger partial charge in [0.2, 0.25) is 0 Å². The minimum absolute atomic E-state index is 0.579. The van der Waals surface area contributed by atoms with Crippen molar-refractivity contribution in [1.29, 1.82) is 0 Å². The molecule has 54 valence electrons. The Balaban J connectivity index is 3.73. The highest BCUT2D eigenvalue weighted by Crippen LogP contribution is 2.09. The van der Waals surface area contributed by atoms with Gasteiger partial charge in [0.15, 0.2) is 0 Å². The molecule has 0 aliphatic carbocycles. The average molecular weight is 127 g/mol. The first-order chi connectivity index (χ1) is 4.09. The molecule has 0 aliphatic rings. The standard InChI is InChI=1S/C8H17N/c1-6-9(5)8(4)7(2)3/h7H,4,6H2,1-3,5H3. The lowest BCUT2D eigenvalue weighted by Crippen LogP contribution is -2.19. The monoisotopic (exact) mass is 127 g/mol. The van der Waals surface area contributed by atoms with E-state index in [1.54, 1.807) is 0 Å². The quantitative estimate of drug-likeness (QED) is 0.561. The first-order valence-electron chi connectivity index (χ1n) is 3.49. The summed E-state index contributed by atoms with van der Waals surface area (Å²) in [6.07, 6.45) is 0. The van der Waals surface area contributed by atoms with Crippen LogP contribution in [0.3, 0.4) is 0 Å². The molecule has 1 heteroatoms. The molecular formula is C8H17N. The lowest BCUT2D eigenvalue weighted by atomic mass is 10.1. The number of nitrogens with zero attached hydrogens (tertiary/aromatic N) is 1. The Kier molecular flexibility index (Phi) is 3.36. The Morgan fingerprint density at radius 3 is 2.11 bits per heavy atom. The molecule has 0 spiro atoms. The lowest BCUT2D eigenvalue weighted by Gasteiger charge is -2.22. The van der Waals surface area contributed by atoms with Gasteiger partial charge in [-0.15, -0.1) is 0 Å². The molecule has 0 aromatic heterocycles. The maximum absolute atomic E-state index is 3.95. The minimum atomic E-state index is 0.579. The van der Waals surface area contributed by atoms with Crippen molar-refractivity contribution >= 4 is 0 Å². The second-order valence-corrected chi connectivity index (χ2v) is 2.66. The van der Waals surface area contributed by atoms with Crippen LogP contribution in [0, 0.1) is 5.92 Å². The molecule has 0 bridgehead atoms. The summed E-state index contributed by atoms with van der Waals surface area (Å²) in [7, 11) is 2.07. The summed E-state index contributed by atoms with van der Waals surface area (Å²) in [5.74, 6) is 0.579. The van der Waals surface area contributed by atoms with Crippen molar-refractivity contribution in [2.24, 2.45) is 5.92 Å². The van der Waals surface area contributed by atoms with Crippen LogP contribution in [0.25, 0.3) is 0 Å². The summed E-state index contributed by atoms with van der Waals surface area (Å²) in [4.78, 5) is 2.17. The minimum Gasteiger partial charge on any atom is -0.378 e. The second kappa shape index (κ2) is 3.54. The zero-order chi connectivity index (χ0) is 7.44. The molecule has 0 saturated carbocycles. The van der Waals surface area contributed by atoms with Gasteiger partial charge in [0, 0.05) is 19.3 Å². The van der Waals surface area contributed by atoms with E-state index < -0.39 is 0 Å². The highest BCUT2D eigenvalue weighted by molar-refractivity contribution is 4.94. The Morgan fingerprint density at radius 1 is 1.56 bits per heavy atom. The van der Waals surface area contributed by atoms with Crippen LogP contribution >= 0.6 is 0 Å². The van der Waals surface area contributed by atoms with Gasteiger partial charge in [0.05, 0.1) is 0 Å². The van der Waals surface area contributed by atoms with Crippen molar-refractivity contribution in [2.75, 3.05) is 13.6 Å². The fourth-order valence-electron chi connectivity index (χ4n) is 0.644. The second-order valence-electron chi connectivity index (χ2n) is 2.66. The summed E-state index contributed by atoms with van der Waals surface area (Å²) in [6, 6.07) is 0. The van der Waals surface area contributed by atoms with E-state index in [0.717, 1.165) is 6.54 Å². The molecule has 0 aromatic carbocycles. The molecule has 0 aliphatic heterocycles.